The highest BCUT2D eigenvalue weighted by Crippen LogP contribution is 2.34. The van der Waals surface area contributed by atoms with Gasteiger partial charge in [-0.3, -0.25) is 0 Å². The van der Waals surface area contributed by atoms with Gasteiger partial charge in [0.05, 0.1) is 5.69 Å². The van der Waals surface area contributed by atoms with Crippen molar-refractivity contribution >= 4 is 11.8 Å². The Labute approximate surface area is 88.7 Å². The van der Waals surface area contributed by atoms with Gasteiger partial charge in [0.1, 0.15) is 6.26 Å². The minimum absolute atomic E-state index is 0.672. The highest BCUT2D eigenvalue weighted by atomic mass is 32.2. The Hall–Kier alpha value is -0.480. The fourth-order valence-electron chi connectivity index (χ4n) is 1.84. The number of nitrogens with zero attached hydrogens (tertiary/aromatic N) is 1. The van der Waals surface area contributed by atoms with Gasteiger partial charge in [0.25, 0.3) is 5.22 Å². The van der Waals surface area contributed by atoms with Gasteiger partial charge in [-0.05, 0) is 33.2 Å². The largest absolute Gasteiger partial charge is 0.440 e. The first-order chi connectivity index (χ1) is 6.78. The Morgan fingerprint density at radius 2 is 2.43 bits per heavy atom. The van der Waals surface area contributed by atoms with E-state index in [9.17, 15) is 0 Å². The fourth-order valence-corrected chi connectivity index (χ4v) is 3.01. The van der Waals surface area contributed by atoms with Crippen LogP contribution in [0.3, 0.4) is 0 Å². The zero-order chi connectivity index (χ0) is 9.97. The van der Waals surface area contributed by atoms with E-state index in [2.05, 4.69) is 10.3 Å². The number of oxazole rings is 1. The predicted molar refractivity (Wildman–Crippen MR) is 57.6 cm³/mol. The number of thioether (sulfide) groups is 1. The molecule has 1 heterocycles. The summed E-state index contributed by atoms with van der Waals surface area (Å²) >= 11 is 1.77. The van der Waals surface area contributed by atoms with Gasteiger partial charge in [-0.1, -0.05) is 11.8 Å². The minimum atomic E-state index is 0.672. The molecule has 0 radical (unpaired) electrons. The fraction of sp³-hybridized carbons (Fsp3) is 0.700. The maximum Gasteiger partial charge on any atom is 0.256 e. The van der Waals surface area contributed by atoms with E-state index in [1.54, 1.807) is 18.0 Å². The Kier molecular flexibility index (Phi) is 3.13. The molecule has 3 nitrogen and oxygen atoms in total. The molecule has 1 aliphatic carbocycles. The van der Waals surface area contributed by atoms with E-state index in [0.717, 1.165) is 10.9 Å². The second-order valence-corrected chi connectivity index (χ2v) is 5.04. The summed E-state index contributed by atoms with van der Waals surface area (Å²) in [6, 6.07) is 0.684. The normalized spacial score (nSPS) is 27.0. The maximum absolute atomic E-state index is 5.33. The molecule has 2 rings (SSSR count). The third-order valence-electron chi connectivity index (χ3n) is 2.66. The van der Waals surface area contributed by atoms with Gasteiger partial charge < -0.3 is 9.73 Å². The molecule has 0 aromatic carbocycles. The van der Waals surface area contributed by atoms with Crippen LogP contribution in [0, 0.1) is 6.92 Å². The lowest BCUT2D eigenvalue weighted by molar-refractivity contribution is 0.452. The van der Waals surface area contributed by atoms with E-state index in [1.807, 2.05) is 14.0 Å². The first kappa shape index (κ1) is 10.1. The lowest BCUT2D eigenvalue weighted by Gasteiger charge is -2.07. The van der Waals surface area contributed by atoms with Crippen LogP contribution in [0.15, 0.2) is 15.9 Å². The molecule has 1 fully saturated rings. The maximum atomic E-state index is 5.33. The molecule has 2 atom stereocenters. The molecule has 1 aromatic rings. The molecule has 0 bridgehead atoms. The SMILES string of the molecule is CNC1CCC(Sc2nc(C)co2)C1. The van der Waals surface area contributed by atoms with Crippen LogP contribution in [0.2, 0.25) is 0 Å². The van der Waals surface area contributed by atoms with Crippen molar-refractivity contribution in [1.29, 1.82) is 0 Å². The Morgan fingerprint density at radius 3 is 3.00 bits per heavy atom. The standard InChI is InChI=1S/C10H16N2OS/c1-7-6-13-10(12-7)14-9-4-3-8(5-9)11-2/h6,8-9,11H,3-5H2,1-2H3. The molecule has 2 unspecified atom stereocenters. The molecule has 1 saturated carbocycles. The smallest absolute Gasteiger partial charge is 0.256 e. The van der Waals surface area contributed by atoms with E-state index in [-0.39, 0.29) is 0 Å². The summed E-state index contributed by atoms with van der Waals surface area (Å²) < 4.78 is 5.33. The van der Waals surface area contributed by atoms with Crippen LogP contribution in [0.4, 0.5) is 0 Å². The zero-order valence-electron chi connectivity index (χ0n) is 8.62. The highest BCUT2D eigenvalue weighted by Gasteiger charge is 2.25. The molecule has 1 aromatic heterocycles. The average Bonchev–Trinajstić information content (AvgIpc) is 2.76. The molecule has 0 spiro atoms. The van der Waals surface area contributed by atoms with E-state index in [1.165, 1.54) is 19.3 Å². The summed E-state index contributed by atoms with van der Waals surface area (Å²) in [5.41, 5.74) is 0.968. The van der Waals surface area contributed by atoms with E-state index in [0.29, 0.717) is 11.3 Å². The summed E-state index contributed by atoms with van der Waals surface area (Å²) in [4.78, 5) is 4.30. The van der Waals surface area contributed by atoms with E-state index in [4.69, 9.17) is 4.42 Å². The topological polar surface area (TPSA) is 38.1 Å². The van der Waals surface area contributed by atoms with Crippen LogP contribution in [-0.2, 0) is 0 Å². The monoisotopic (exact) mass is 212 g/mol. The molecule has 78 valence electrons. The molecule has 0 aliphatic heterocycles. The number of rotatable bonds is 3. The van der Waals surface area contributed by atoms with Gasteiger partial charge in [-0.2, -0.15) is 0 Å². The predicted octanol–water partition coefficient (Wildman–Crippen LogP) is 2.22. The number of aryl methyl sites for hydroxylation is 1. The van der Waals surface area contributed by atoms with Crippen molar-refractivity contribution in [2.45, 2.75) is 42.7 Å². The van der Waals surface area contributed by atoms with Crippen LogP contribution >= 0.6 is 11.8 Å². The van der Waals surface area contributed by atoms with Gasteiger partial charge >= 0.3 is 0 Å². The van der Waals surface area contributed by atoms with Crippen LogP contribution in [0.1, 0.15) is 25.0 Å². The van der Waals surface area contributed by atoms with Gasteiger partial charge in [0.15, 0.2) is 0 Å². The van der Waals surface area contributed by atoms with Crippen LogP contribution < -0.4 is 5.32 Å². The molecule has 0 saturated heterocycles. The zero-order valence-corrected chi connectivity index (χ0v) is 9.43. The Balaban J connectivity index is 1.87. The van der Waals surface area contributed by atoms with Crippen molar-refractivity contribution in [2.24, 2.45) is 0 Å². The number of hydrogen-bond acceptors (Lipinski definition) is 4. The molecular formula is C10H16N2OS. The van der Waals surface area contributed by atoms with Crippen molar-refractivity contribution in [3.8, 4) is 0 Å². The first-order valence-corrected chi connectivity index (χ1v) is 5.92. The van der Waals surface area contributed by atoms with Gasteiger partial charge in [-0.15, -0.1) is 0 Å². The molecule has 1 aliphatic rings. The summed E-state index contributed by atoms with van der Waals surface area (Å²) in [7, 11) is 2.03. The highest BCUT2D eigenvalue weighted by molar-refractivity contribution is 7.99. The summed E-state index contributed by atoms with van der Waals surface area (Å²) in [5.74, 6) is 0. The van der Waals surface area contributed by atoms with Crippen molar-refractivity contribution in [1.82, 2.24) is 10.3 Å². The lowest BCUT2D eigenvalue weighted by Crippen LogP contribution is -2.21. The quantitative estimate of drug-likeness (QED) is 0.833. The molecule has 4 heteroatoms. The number of hydrogen-bond donors (Lipinski definition) is 1. The molecule has 1 N–H and O–H groups in total. The third-order valence-corrected chi connectivity index (χ3v) is 3.81. The van der Waals surface area contributed by atoms with Gasteiger partial charge in [-0.25, -0.2) is 4.98 Å². The van der Waals surface area contributed by atoms with Crippen molar-refractivity contribution in [3.05, 3.63) is 12.0 Å². The first-order valence-electron chi connectivity index (χ1n) is 5.04. The van der Waals surface area contributed by atoms with Crippen molar-refractivity contribution < 1.29 is 4.42 Å². The average molecular weight is 212 g/mol. The lowest BCUT2D eigenvalue weighted by atomic mass is 10.3. The molecule has 14 heavy (non-hydrogen) atoms. The summed E-state index contributed by atoms with van der Waals surface area (Å²) in [6.07, 6.45) is 5.47. The van der Waals surface area contributed by atoms with Crippen molar-refractivity contribution in [2.75, 3.05) is 7.05 Å². The summed E-state index contributed by atoms with van der Waals surface area (Å²) in [6.45, 7) is 1.96. The van der Waals surface area contributed by atoms with Gasteiger partial charge in [0.2, 0.25) is 0 Å². The Morgan fingerprint density at radius 1 is 1.57 bits per heavy atom. The summed E-state index contributed by atoms with van der Waals surface area (Å²) in [5, 5.41) is 4.82. The third kappa shape index (κ3) is 2.30. The van der Waals surface area contributed by atoms with Crippen molar-refractivity contribution in [3.63, 3.8) is 0 Å². The van der Waals surface area contributed by atoms with Crippen LogP contribution in [0.25, 0.3) is 0 Å². The second kappa shape index (κ2) is 4.36. The van der Waals surface area contributed by atoms with Crippen LogP contribution in [0.5, 0.6) is 0 Å². The van der Waals surface area contributed by atoms with E-state index >= 15 is 0 Å². The van der Waals surface area contributed by atoms with E-state index < -0.39 is 0 Å². The van der Waals surface area contributed by atoms with Gasteiger partial charge in [0, 0.05) is 11.3 Å². The number of nitrogens with one attached hydrogen (secondary N) is 1. The molecular weight excluding hydrogens is 196 g/mol. The second-order valence-electron chi connectivity index (χ2n) is 3.79. The van der Waals surface area contributed by atoms with Crippen LogP contribution in [-0.4, -0.2) is 23.3 Å². The Bertz CT molecular complexity index is 300. The molecule has 0 amide bonds. The number of aromatic nitrogens is 1. The minimum Gasteiger partial charge on any atom is -0.440 e.